The van der Waals surface area contributed by atoms with Crippen LogP contribution in [0.5, 0.6) is 11.5 Å². The van der Waals surface area contributed by atoms with Gasteiger partial charge in [0, 0.05) is 17.7 Å². The van der Waals surface area contributed by atoms with E-state index in [9.17, 15) is 9.90 Å². The third-order valence-corrected chi connectivity index (χ3v) is 4.53. The van der Waals surface area contributed by atoms with Gasteiger partial charge in [-0.2, -0.15) is 0 Å². The zero-order valence-electron chi connectivity index (χ0n) is 15.9. The normalized spacial score (nSPS) is 11.5. The minimum Gasteiger partial charge on any atom is -0.493 e. The van der Waals surface area contributed by atoms with Crippen LogP contribution in [0.1, 0.15) is 5.56 Å². The molecule has 5 heteroatoms. The Kier molecular flexibility index (Phi) is 6.17. The van der Waals surface area contributed by atoms with E-state index in [0.717, 1.165) is 22.4 Å². The molecule has 3 aromatic carbocycles. The smallest absolute Gasteiger partial charge is 0.326 e. The Bertz CT molecular complexity index is 940. The molecule has 3 rings (SSSR count). The molecule has 0 aliphatic heterocycles. The van der Waals surface area contributed by atoms with Crippen molar-refractivity contribution in [1.29, 1.82) is 0 Å². The highest BCUT2D eigenvalue weighted by molar-refractivity contribution is 5.83. The number of anilines is 1. The summed E-state index contributed by atoms with van der Waals surface area (Å²) in [6.07, 6.45) is 0.304. The predicted molar refractivity (Wildman–Crippen MR) is 110 cm³/mol. The van der Waals surface area contributed by atoms with Gasteiger partial charge in [0.1, 0.15) is 6.04 Å². The van der Waals surface area contributed by atoms with Gasteiger partial charge < -0.3 is 19.9 Å². The van der Waals surface area contributed by atoms with Crippen molar-refractivity contribution in [3.05, 3.63) is 78.4 Å². The van der Waals surface area contributed by atoms with E-state index >= 15 is 0 Å². The van der Waals surface area contributed by atoms with E-state index in [0.29, 0.717) is 17.9 Å². The molecule has 0 aromatic heterocycles. The number of carboxylic acids is 1. The zero-order chi connectivity index (χ0) is 19.9. The van der Waals surface area contributed by atoms with Crippen LogP contribution >= 0.6 is 0 Å². The van der Waals surface area contributed by atoms with Crippen molar-refractivity contribution < 1.29 is 19.4 Å². The average molecular weight is 377 g/mol. The maximum Gasteiger partial charge on any atom is 0.326 e. The Morgan fingerprint density at radius 2 is 1.61 bits per heavy atom. The highest BCUT2D eigenvalue weighted by Gasteiger charge is 2.20. The van der Waals surface area contributed by atoms with Crippen LogP contribution in [0.4, 0.5) is 5.69 Å². The van der Waals surface area contributed by atoms with Crippen molar-refractivity contribution in [3.8, 4) is 22.6 Å². The molecule has 0 unspecified atom stereocenters. The van der Waals surface area contributed by atoms with Crippen LogP contribution in [0.3, 0.4) is 0 Å². The second kappa shape index (κ2) is 8.95. The largest absolute Gasteiger partial charge is 0.493 e. The predicted octanol–water partition coefficient (Wildman–Crippen LogP) is 4.48. The maximum absolute atomic E-state index is 11.9. The number of methoxy groups -OCH3 is 2. The highest BCUT2D eigenvalue weighted by atomic mass is 16.5. The Morgan fingerprint density at radius 3 is 2.29 bits per heavy atom. The van der Waals surface area contributed by atoms with Crippen molar-refractivity contribution in [1.82, 2.24) is 0 Å². The molecular formula is C23H23NO4. The SMILES string of the molecule is COc1ccc(C[C@H](Nc2ccccc2-c2ccccc2)C(=O)O)cc1OC. The number of rotatable bonds is 8. The van der Waals surface area contributed by atoms with Gasteiger partial charge in [-0.1, -0.05) is 54.6 Å². The summed E-state index contributed by atoms with van der Waals surface area (Å²) in [5, 5.41) is 13.0. The molecule has 28 heavy (non-hydrogen) atoms. The van der Waals surface area contributed by atoms with Crippen LogP contribution in [-0.2, 0) is 11.2 Å². The topological polar surface area (TPSA) is 67.8 Å². The van der Waals surface area contributed by atoms with Crippen molar-refractivity contribution >= 4 is 11.7 Å². The maximum atomic E-state index is 11.9. The fourth-order valence-electron chi connectivity index (χ4n) is 3.11. The van der Waals surface area contributed by atoms with Gasteiger partial charge in [0.25, 0.3) is 0 Å². The molecule has 0 radical (unpaired) electrons. The van der Waals surface area contributed by atoms with Gasteiger partial charge in [-0.25, -0.2) is 4.79 Å². The third-order valence-electron chi connectivity index (χ3n) is 4.53. The number of aliphatic carboxylic acids is 1. The molecule has 0 heterocycles. The third kappa shape index (κ3) is 4.43. The van der Waals surface area contributed by atoms with E-state index in [2.05, 4.69) is 5.32 Å². The number of hydrogen-bond donors (Lipinski definition) is 2. The molecule has 0 aliphatic carbocycles. The Labute approximate surface area is 164 Å². The van der Waals surface area contributed by atoms with Crippen molar-refractivity contribution in [2.24, 2.45) is 0 Å². The molecule has 0 saturated carbocycles. The molecule has 3 aromatic rings. The van der Waals surface area contributed by atoms with E-state index in [-0.39, 0.29) is 0 Å². The lowest BCUT2D eigenvalue weighted by Gasteiger charge is -2.19. The van der Waals surface area contributed by atoms with Gasteiger partial charge >= 0.3 is 5.97 Å². The van der Waals surface area contributed by atoms with Crippen LogP contribution in [-0.4, -0.2) is 31.3 Å². The number of ether oxygens (including phenoxy) is 2. The fourth-order valence-corrected chi connectivity index (χ4v) is 3.11. The molecule has 0 amide bonds. The van der Waals surface area contributed by atoms with E-state index in [4.69, 9.17) is 9.47 Å². The minimum atomic E-state index is -0.919. The molecule has 2 N–H and O–H groups in total. The number of carbonyl (C=O) groups is 1. The van der Waals surface area contributed by atoms with E-state index < -0.39 is 12.0 Å². The summed E-state index contributed by atoms with van der Waals surface area (Å²) in [6.45, 7) is 0. The lowest BCUT2D eigenvalue weighted by Crippen LogP contribution is -2.31. The number of para-hydroxylation sites is 1. The number of benzene rings is 3. The van der Waals surface area contributed by atoms with Crippen molar-refractivity contribution in [3.63, 3.8) is 0 Å². The summed E-state index contributed by atoms with van der Waals surface area (Å²) in [5.74, 6) is 0.270. The summed E-state index contributed by atoms with van der Waals surface area (Å²) in [6, 6.07) is 22.2. The average Bonchev–Trinajstić information content (AvgIpc) is 2.74. The first-order valence-electron chi connectivity index (χ1n) is 8.97. The van der Waals surface area contributed by atoms with Gasteiger partial charge in [0.15, 0.2) is 11.5 Å². The van der Waals surface area contributed by atoms with Gasteiger partial charge in [0.05, 0.1) is 14.2 Å². The second-order valence-corrected chi connectivity index (χ2v) is 6.34. The van der Waals surface area contributed by atoms with Crippen molar-refractivity contribution in [2.45, 2.75) is 12.5 Å². The van der Waals surface area contributed by atoms with Crippen LogP contribution in [0.25, 0.3) is 11.1 Å². The second-order valence-electron chi connectivity index (χ2n) is 6.34. The Hall–Kier alpha value is -3.47. The fraction of sp³-hybridized carbons (Fsp3) is 0.174. The Balaban J connectivity index is 1.86. The molecular weight excluding hydrogens is 354 g/mol. The van der Waals surface area contributed by atoms with Gasteiger partial charge in [-0.3, -0.25) is 0 Å². The number of carboxylic acid groups (broad SMARTS) is 1. The quantitative estimate of drug-likeness (QED) is 0.606. The first-order chi connectivity index (χ1) is 13.6. The molecule has 0 fully saturated rings. The molecule has 0 spiro atoms. The summed E-state index contributed by atoms with van der Waals surface area (Å²) in [5.41, 5.74) is 3.61. The van der Waals surface area contributed by atoms with Crippen LogP contribution in [0, 0.1) is 0 Å². The lowest BCUT2D eigenvalue weighted by atomic mass is 10.0. The van der Waals surface area contributed by atoms with Gasteiger partial charge in [-0.05, 0) is 29.3 Å². The van der Waals surface area contributed by atoms with Crippen molar-refractivity contribution in [2.75, 3.05) is 19.5 Å². The highest BCUT2D eigenvalue weighted by Crippen LogP contribution is 2.30. The standard InChI is InChI=1S/C23H23NO4/c1-27-21-13-12-16(15-22(21)28-2)14-20(23(25)26)24-19-11-7-6-10-18(19)17-8-4-3-5-9-17/h3-13,15,20,24H,14H2,1-2H3,(H,25,26)/t20-/m0/s1. The molecule has 0 saturated heterocycles. The van der Waals surface area contributed by atoms with Crippen LogP contribution in [0.15, 0.2) is 72.8 Å². The van der Waals surface area contributed by atoms with Gasteiger partial charge in [-0.15, -0.1) is 0 Å². The monoisotopic (exact) mass is 377 g/mol. The first-order valence-corrected chi connectivity index (χ1v) is 8.97. The molecule has 0 aliphatic rings. The lowest BCUT2D eigenvalue weighted by molar-refractivity contribution is -0.137. The number of nitrogens with one attached hydrogen (secondary N) is 1. The van der Waals surface area contributed by atoms with Crippen LogP contribution < -0.4 is 14.8 Å². The van der Waals surface area contributed by atoms with E-state index in [1.165, 1.54) is 0 Å². The summed E-state index contributed by atoms with van der Waals surface area (Å²) in [4.78, 5) is 11.9. The molecule has 5 nitrogen and oxygen atoms in total. The molecule has 0 bridgehead atoms. The van der Waals surface area contributed by atoms with E-state index in [1.54, 1.807) is 26.4 Å². The first kappa shape index (κ1) is 19.3. The molecule has 1 atom stereocenters. The summed E-state index contributed by atoms with van der Waals surface area (Å²) >= 11 is 0. The van der Waals surface area contributed by atoms with E-state index in [1.807, 2.05) is 60.7 Å². The minimum absolute atomic E-state index is 0.304. The van der Waals surface area contributed by atoms with Crippen LogP contribution in [0.2, 0.25) is 0 Å². The summed E-state index contributed by atoms with van der Waals surface area (Å²) in [7, 11) is 3.13. The zero-order valence-corrected chi connectivity index (χ0v) is 15.9. The van der Waals surface area contributed by atoms with Gasteiger partial charge in [0.2, 0.25) is 0 Å². The Morgan fingerprint density at radius 1 is 0.929 bits per heavy atom. The summed E-state index contributed by atoms with van der Waals surface area (Å²) < 4.78 is 10.6. The number of hydrogen-bond acceptors (Lipinski definition) is 4. The molecule has 144 valence electrons.